The van der Waals surface area contributed by atoms with Crippen molar-refractivity contribution >= 4 is 11.3 Å². The Labute approximate surface area is 177 Å². The number of aromatic nitrogens is 4. The third-order valence-electron chi connectivity index (χ3n) is 6.23. The quantitative estimate of drug-likeness (QED) is 0.656. The molecule has 1 aromatic carbocycles. The molecule has 2 N–H and O–H groups in total. The maximum absolute atomic E-state index is 15.1. The van der Waals surface area contributed by atoms with Crippen LogP contribution in [0.2, 0.25) is 0 Å². The second-order valence-electron chi connectivity index (χ2n) is 8.84. The van der Waals surface area contributed by atoms with Crippen LogP contribution in [-0.2, 0) is 0 Å². The van der Waals surface area contributed by atoms with Gasteiger partial charge >= 0.3 is 0 Å². The molecular formula is C21H24FN5O2S. The topological polar surface area (TPSA) is 85.1 Å². The van der Waals surface area contributed by atoms with Gasteiger partial charge in [-0.25, -0.2) is 9.07 Å². The highest BCUT2D eigenvalue weighted by Crippen LogP contribution is 2.45. The minimum Gasteiger partial charge on any atom is -0.507 e. The molecule has 5 rings (SSSR count). The van der Waals surface area contributed by atoms with E-state index in [2.05, 4.69) is 27.5 Å². The number of phenols is 1. The van der Waals surface area contributed by atoms with Crippen LogP contribution >= 0.6 is 11.3 Å². The molecule has 30 heavy (non-hydrogen) atoms. The second-order valence-corrected chi connectivity index (χ2v) is 9.78. The van der Waals surface area contributed by atoms with Crippen LogP contribution in [0, 0.1) is 6.92 Å². The number of nitrogens with zero attached hydrogens (tertiary/aromatic N) is 4. The van der Waals surface area contributed by atoms with E-state index < -0.39 is 17.8 Å². The highest BCUT2D eigenvalue weighted by atomic mass is 32.1. The molecule has 0 radical (unpaired) electrons. The summed E-state index contributed by atoms with van der Waals surface area (Å²) in [6.07, 6.45) is 2.46. The maximum Gasteiger partial charge on any atom is 0.294 e. The van der Waals surface area contributed by atoms with Gasteiger partial charge in [0, 0.05) is 24.2 Å². The number of alkyl halides is 1. The number of piperidine rings is 1. The van der Waals surface area contributed by atoms with Crippen molar-refractivity contribution in [2.75, 3.05) is 0 Å². The van der Waals surface area contributed by atoms with Crippen molar-refractivity contribution in [3.8, 4) is 27.2 Å². The summed E-state index contributed by atoms with van der Waals surface area (Å²) in [6, 6.07) is 7.16. The third-order valence-corrected chi connectivity index (χ3v) is 7.07. The SMILES string of the molecule is Cc1ccn(-c2ccc(-c3nnc(OC4CC5(C)CCC(C)(N5)C4F)s3)c(O)c2)n1. The summed E-state index contributed by atoms with van der Waals surface area (Å²) >= 11 is 1.21. The third kappa shape index (κ3) is 3.26. The molecule has 4 heterocycles. The average Bonchev–Trinajstić information content (AvgIpc) is 3.39. The number of benzene rings is 1. The minimum absolute atomic E-state index is 0.0756. The Bertz CT molecular complexity index is 1100. The Balaban J connectivity index is 1.36. The molecule has 4 unspecified atom stereocenters. The van der Waals surface area contributed by atoms with Gasteiger partial charge in [0.1, 0.15) is 11.9 Å². The van der Waals surface area contributed by atoms with Gasteiger partial charge in [0.25, 0.3) is 5.19 Å². The molecule has 0 amide bonds. The van der Waals surface area contributed by atoms with E-state index in [1.165, 1.54) is 11.3 Å². The molecule has 2 aromatic heterocycles. The zero-order valence-corrected chi connectivity index (χ0v) is 17.9. The van der Waals surface area contributed by atoms with Crippen LogP contribution in [0.1, 0.15) is 38.8 Å². The van der Waals surface area contributed by atoms with Crippen molar-refractivity contribution in [2.45, 2.75) is 63.4 Å². The number of aryl methyl sites for hydroxylation is 1. The summed E-state index contributed by atoms with van der Waals surface area (Å²) in [5, 5.41) is 27.4. The Kier molecular flexibility index (Phi) is 4.37. The summed E-state index contributed by atoms with van der Waals surface area (Å²) in [7, 11) is 0. The molecule has 7 nitrogen and oxygen atoms in total. The Morgan fingerprint density at radius 3 is 2.83 bits per heavy atom. The lowest BCUT2D eigenvalue weighted by Gasteiger charge is -2.43. The summed E-state index contributed by atoms with van der Waals surface area (Å²) in [5.41, 5.74) is 1.51. The fourth-order valence-electron chi connectivity index (χ4n) is 4.67. The predicted molar refractivity (Wildman–Crippen MR) is 112 cm³/mol. The number of nitrogens with one attached hydrogen (secondary N) is 1. The van der Waals surface area contributed by atoms with Gasteiger partial charge in [-0.3, -0.25) is 0 Å². The molecule has 2 fully saturated rings. The lowest BCUT2D eigenvalue weighted by atomic mass is 9.85. The highest BCUT2D eigenvalue weighted by molar-refractivity contribution is 7.16. The molecule has 2 saturated heterocycles. The van der Waals surface area contributed by atoms with Crippen LogP contribution in [0.4, 0.5) is 4.39 Å². The number of fused-ring (bicyclic) bond motifs is 2. The van der Waals surface area contributed by atoms with E-state index >= 15 is 4.39 Å². The van der Waals surface area contributed by atoms with Crippen molar-refractivity contribution in [1.29, 1.82) is 0 Å². The monoisotopic (exact) mass is 429 g/mol. The molecule has 9 heteroatoms. The number of ether oxygens (including phenoxy) is 1. The number of hydrogen-bond acceptors (Lipinski definition) is 7. The molecule has 4 atom stereocenters. The van der Waals surface area contributed by atoms with Gasteiger partial charge in [0.2, 0.25) is 0 Å². The van der Waals surface area contributed by atoms with Crippen LogP contribution in [0.3, 0.4) is 0 Å². The van der Waals surface area contributed by atoms with Crippen molar-refractivity contribution in [3.05, 3.63) is 36.2 Å². The molecule has 3 aromatic rings. The van der Waals surface area contributed by atoms with Gasteiger partial charge in [-0.05, 0) is 51.8 Å². The van der Waals surface area contributed by atoms with Crippen molar-refractivity contribution < 1.29 is 14.2 Å². The van der Waals surface area contributed by atoms with Crippen LogP contribution < -0.4 is 10.1 Å². The van der Waals surface area contributed by atoms with Gasteiger partial charge in [-0.2, -0.15) is 5.10 Å². The summed E-state index contributed by atoms with van der Waals surface area (Å²) in [4.78, 5) is 0. The molecule has 158 valence electrons. The summed E-state index contributed by atoms with van der Waals surface area (Å²) in [6.45, 7) is 5.95. The highest BCUT2D eigenvalue weighted by Gasteiger charge is 2.56. The van der Waals surface area contributed by atoms with E-state index in [0.29, 0.717) is 22.2 Å². The minimum atomic E-state index is -1.12. The van der Waals surface area contributed by atoms with Gasteiger partial charge in [0.15, 0.2) is 11.2 Å². The van der Waals surface area contributed by atoms with Gasteiger partial charge < -0.3 is 15.2 Å². The van der Waals surface area contributed by atoms with Gasteiger partial charge in [-0.1, -0.05) is 16.4 Å². The van der Waals surface area contributed by atoms with E-state index in [-0.39, 0.29) is 11.3 Å². The Morgan fingerprint density at radius 1 is 1.27 bits per heavy atom. The van der Waals surface area contributed by atoms with E-state index in [1.54, 1.807) is 16.8 Å². The standard InChI is InChI=1S/C21H24FN5O2S/c1-12-6-9-27(25-12)13-4-5-14(15(28)10-13)18-23-24-19(30-18)29-16-11-20(2)7-8-21(3,26-20)17(16)22/h4-6,9-10,16-17,26,28H,7-8,11H2,1-3H3. The normalized spacial score (nSPS) is 30.5. The van der Waals surface area contributed by atoms with Crippen molar-refractivity contribution in [1.82, 2.24) is 25.3 Å². The first-order chi connectivity index (χ1) is 14.2. The maximum atomic E-state index is 15.1. The zero-order valence-electron chi connectivity index (χ0n) is 17.1. The molecule has 0 aliphatic carbocycles. The van der Waals surface area contributed by atoms with Gasteiger partial charge in [0.05, 0.1) is 22.5 Å². The van der Waals surface area contributed by atoms with E-state index in [0.717, 1.165) is 24.2 Å². The largest absolute Gasteiger partial charge is 0.507 e. The fraction of sp³-hybridized carbons (Fsp3) is 0.476. The first-order valence-corrected chi connectivity index (χ1v) is 10.9. The summed E-state index contributed by atoms with van der Waals surface area (Å²) < 4.78 is 22.7. The molecule has 0 spiro atoms. The number of rotatable bonds is 4. The second kappa shape index (κ2) is 6.75. The number of aromatic hydroxyl groups is 1. The van der Waals surface area contributed by atoms with Crippen LogP contribution in [0.15, 0.2) is 30.5 Å². The van der Waals surface area contributed by atoms with Crippen LogP contribution in [-0.4, -0.2) is 48.4 Å². The first kappa shape index (κ1) is 19.4. The predicted octanol–water partition coefficient (Wildman–Crippen LogP) is 3.79. The smallest absolute Gasteiger partial charge is 0.294 e. The van der Waals surface area contributed by atoms with Crippen molar-refractivity contribution in [2.24, 2.45) is 0 Å². The number of halogens is 1. The first-order valence-electron chi connectivity index (χ1n) is 10.0. The number of phenolic OH excluding ortho intramolecular Hbond substituents is 1. The molecular weight excluding hydrogens is 405 g/mol. The zero-order chi connectivity index (χ0) is 21.1. The Hall–Kier alpha value is -2.52. The average molecular weight is 430 g/mol. The summed E-state index contributed by atoms with van der Waals surface area (Å²) in [5.74, 6) is 0.0756. The lowest BCUT2D eigenvalue weighted by Crippen LogP contribution is -2.63. The van der Waals surface area contributed by atoms with E-state index in [9.17, 15) is 5.11 Å². The van der Waals surface area contributed by atoms with Crippen LogP contribution in [0.5, 0.6) is 10.9 Å². The van der Waals surface area contributed by atoms with E-state index in [1.807, 2.05) is 32.2 Å². The lowest BCUT2D eigenvalue weighted by molar-refractivity contribution is -0.00735. The van der Waals surface area contributed by atoms with Crippen molar-refractivity contribution in [3.63, 3.8) is 0 Å². The molecule has 2 aliphatic heterocycles. The molecule has 2 aliphatic rings. The Morgan fingerprint density at radius 2 is 2.10 bits per heavy atom. The molecule has 2 bridgehead atoms. The van der Waals surface area contributed by atoms with Gasteiger partial charge in [-0.15, -0.1) is 5.10 Å². The fourth-order valence-corrected chi connectivity index (χ4v) is 5.45. The number of hydrogen-bond donors (Lipinski definition) is 2. The molecule has 0 saturated carbocycles. The van der Waals surface area contributed by atoms with E-state index in [4.69, 9.17) is 4.74 Å². The van der Waals surface area contributed by atoms with Crippen LogP contribution in [0.25, 0.3) is 16.3 Å².